The summed E-state index contributed by atoms with van der Waals surface area (Å²) in [5.74, 6) is 1.01. The highest BCUT2D eigenvalue weighted by Crippen LogP contribution is 2.74. The summed E-state index contributed by atoms with van der Waals surface area (Å²) in [6.45, 7) is 17.3. The first-order chi connectivity index (χ1) is 16.5. The maximum absolute atomic E-state index is 12.9. The first-order valence-corrected chi connectivity index (χ1v) is 14.3. The number of allylic oxidation sites excluding steroid dienone is 1. The predicted octanol–water partition coefficient (Wildman–Crippen LogP) is 5.45. The quantitative estimate of drug-likeness (QED) is 0.419. The molecular formula is C31H52O5. The van der Waals surface area contributed by atoms with Crippen LogP contribution in [0.1, 0.15) is 107 Å². The molecule has 0 heterocycles. The second-order valence-corrected chi connectivity index (χ2v) is 14.7. The van der Waals surface area contributed by atoms with Gasteiger partial charge in [-0.1, -0.05) is 52.7 Å². The van der Waals surface area contributed by atoms with Gasteiger partial charge in [-0.05, 0) is 92.8 Å². The highest BCUT2D eigenvalue weighted by atomic mass is 16.5. The van der Waals surface area contributed by atoms with E-state index in [2.05, 4.69) is 41.5 Å². The number of hydrogen-bond acceptors (Lipinski definition) is 5. The van der Waals surface area contributed by atoms with Crippen molar-refractivity contribution in [3.63, 3.8) is 0 Å². The lowest BCUT2D eigenvalue weighted by Crippen LogP contribution is -2.65. The third kappa shape index (κ3) is 3.81. The van der Waals surface area contributed by atoms with Gasteiger partial charge in [0.1, 0.15) is 11.9 Å². The third-order valence-corrected chi connectivity index (χ3v) is 12.4. The van der Waals surface area contributed by atoms with Gasteiger partial charge in [0.05, 0.1) is 17.8 Å². The van der Waals surface area contributed by atoms with Crippen molar-refractivity contribution in [3.05, 3.63) is 11.1 Å². The fraction of sp³-hybridized carbons (Fsp3) is 0.903. The first kappa shape index (κ1) is 28.3. The summed E-state index contributed by atoms with van der Waals surface area (Å²) >= 11 is 0. The van der Waals surface area contributed by atoms with Crippen molar-refractivity contribution in [2.75, 3.05) is 7.11 Å². The molecular weight excluding hydrogens is 452 g/mol. The molecule has 5 nitrogen and oxygen atoms in total. The molecule has 0 saturated heterocycles. The molecule has 0 bridgehead atoms. The number of carbonyl (C=O) groups is 1. The molecule has 4 aliphatic carbocycles. The van der Waals surface area contributed by atoms with E-state index >= 15 is 0 Å². The molecule has 0 spiro atoms. The lowest BCUT2D eigenvalue weighted by Gasteiger charge is -2.69. The van der Waals surface area contributed by atoms with Crippen LogP contribution in [-0.2, 0) is 9.53 Å². The number of ether oxygens (including phenoxy) is 1. The number of fused-ring (bicyclic) bond motifs is 5. The van der Waals surface area contributed by atoms with E-state index in [1.165, 1.54) is 11.1 Å². The molecule has 206 valence electrons. The van der Waals surface area contributed by atoms with E-state index in [0.717, 1.165) is 32.1 Å². The largest absolute Gasteiger partial charge is 0.392 e. The minimum atomic E-state index is -0.963. The topological polar surface area (TPSA) is 87.0 Å². The molecule has 0 amide bonds. The molecule has 0 aromatic rings. The van der Waals surface area contributed by atoms with Crippen molar-refractivity contribution in [2.24, 2.45) is 39.4 Å². The molecule has 0 aromatic heterocycles. The molecule has 36 heavy (non-hydrogen) atoms. The van der Waals surface area contributed by atoms with Gasteiger partial charge in [-0.2, -0.15) is 0 Å². The van der Waals surface area contributed by atoms with Gasteiger partial charge in [0.2, 0.25) is 0 Å². The number of methoxy groups -OCH3 is 1. The highest BCUT2D eigenvalue weighted by Gasteiger charge is 2.69. The third-order valence-electron chi connectivity index (χ3n) is 12.4. The number of ketones is 1. The van der Waals surface area contributed by atoms with E-state index in [-0.39, 0.29) is 33.5 Å². The van der Waals surface area contributed by atoms with Crippen molar-refractivity contribution in [3.8, 4) is 0 Å². The fourth-order valence-corrected chi connectivity index (χ4v) is 9.89. The van der Waals surface area contributed by atoms with Gasteiger partial charge in [0, 0.05) is 18.9 Å². The monoisotopic (exact) mass is 504 g/mol. The molecule has 0 aliphatic heterocycles. The maximum Gasteiger partial charge on any atom is 0.138 e. The Hall–Kier alpha value is -0.750. The molecule has 0 aromatic carbocycles. The highest BCUT2D eigenvalue weighted by molar-refractivity contribution is 5.85. The average molecular weight is 505 g/mol. The number of aliphatic hydroxyl groups is 3. The van der Waals surface area contributed by atoms with Gasteiger partial charge in [-0.25, -0.2) is 0 Å². The summed E-state index contributed by atoms with van der Waals surface area (Å²) in [5, 5.41) is 33.4. The fourth-order valence-electron chi connectivity index (χ4n) is 9.89. The van der Waals surface area contributed by atoms with Crippen molar-refractivity contribution in [1.82, 2.24) is 0 Å². The lowest BCUT2D eigenvalue weighted by atomic mass is 9.36. The summed E-state index contributed by atoms with van der Waals surface area (Å²) < 4.78 is 5.41. The zero-order chi connectivity index (χ0) is 27.1. The van der Waals surface area contributed by atoms with Crippen LogP contribution < -0.4 is 0 Å². The number of Topliss-reactive ketones (excluding diaryl/α,β-unsaturated/α-hetero) is 1. The lowest BCUT2D eigenvalue weighted by molar-refractivity contribution is -0.208. The maximum atomic E-state index is 12.9. The normalized spacial score (nSPS) is 42.9. The van der Waals surface area contributed by atoms with Crippen LogP contribution in [0.25, 0.3) is 0 Å². The van der Waals surface area contributed by atoms with Gasteiger partial charge < -0.3 is 20.1 Å². The van der Waals surface area contributed by atoms with Crippen molar-refractivity contribution in [2.45, 2.75) is 131 Å². The predicted molar refractivity (Wildman–Crippen MR) is 142 cm³/mol. The Bertz CT molecular complexity index is 920. The van der Waals surface area contributed by atoms with E-state index in [1.807, 2.05) is 0 Å². The van der Waals surface area contributed by atoms with Gasteiger partial charge in [-0.3, -0.25) is 4.79 Å². The molecule has 3 saturated carbocycles. The van der Waals surface area contributed by atoms with Crippen LogP contribution in [0.2, 0.25) is 0 Å². The van der Waals surface area contributed by atoms with Gasteiger partial charge in [0.15, 0.2) is 0 Å². The van der Waals surface area contributed by atoms with Crippen LogP contribution in [0.5, 0.6) is 0 Å². The Morgan fingerprint density at radius 3 is 2.31 bits per heavy atom. The number of rotatable bonds is 6. The zero-order valence-electron chi connectivity index (χ0n) is 24.3. The summed E-state index contributed by atoms with van der Waals surface area (Å²) in [4.78, 5) is 12.9. The summed E-state index contributed by atoms with van der Waals surface area (Å²) in [6, 6.07) is 0. The van der Waals surface area contributed by atoms with Crippen LogP contribution in [0.4, 0.5) is 0 Å². The van der Waals surface area contributed by atoms with Crippen molar-refractivity contribution >= 4 is 5.78 Å². The molecule has 2 unspecified atom stereocenters. The van der Waals surface area contributed by atoms with E-state index in [1.54, 1.807) is 21.0 Å². The molecule has 9 atom stereocenters. The van der Waals surface area contributed by atoms with Crippen molar-refractivity contribution in [1.29, 1.82) is 0 Å². The van der Waals surface area contributed by atoms with Gasteiger partial charge >= 0.3 is 0 Å². The Morgan fingerprint density at radius 1 is 1.06 bits per heavy atom. The Labute approximate surface area is 219 Å². The number of hydrogen-bond donors (Lipinski definition) is 3. The van der Waals surface area contributed by atoms with Crippen LogP contribution in [0.15, 0.2) is 11.1 Å². The van der Waals surface area contributed by atoms with Crippen molar-refractivity contribution < 1.29 is 24.9 Å². The summed E-state index contributed by atoms with van der Waals surface area (Å²) in [7, 11) is 1.56. The Morgan fingerprint density at radius 2 is 1.69 bits per heavy atom. The SMILES string of the molecule is COC(C)(C)[C@H](O)[C@@H](O)C[C@@H](C)C1=C2C[C@H](O)C3[C@@]4(C)CCC(=O)C(C)(C)C4CC[C@]3(C)[C@@]2(C)CC1. The van der Waals surface area contributed by atoms with Crippen LogP contribution in [0, 0.1) is 39.4 Å². The molecule has 5 heteroatoms. The van der Waals surface area contributed by atoms with Crippen LogP contribution in [-0.4, -0.2) is 52.1 Å². The first-order valence-electron chi connectivity index (χ1n) is 14.3. The number of aliphatic hydroxyl groups excluding tert-OH is 3. The minimum Gasteiger partial charge on any atom is -0.392 e. The molecule has 0 radical (unpaired) electrons. The summed E-state index contributed by atoms with van der Waals surface area (Å²) in [6.07, 6.45) is 4.57. The summed E-state index contributed by atoms with van der Waals surface area (Å²) in [5.41, 5.74) is 1.58. The Kier molecular flexibility index (Phi) is 6.98. The molecule has 3 fully saturated rings. The second-order valence-electron chi connectivity index (χ2n) is 14.7. The second kappa shape index (κ2) is 8.89. The average Bonchev–Trinajstić information content (AvgIpc) is 3.13. The van der Waals surface area contributed by atoms with Gasteiger partial charge in [-0.15, -0.1) is 0 Å². The zero-order valence-corrected chi connectivity index (χ0v) is 24.3. The molecule has 3 N–H and O–H groups in total. The van der Waals surface area contributed by atoms with Crippen LogP contribution >= 0.6 is 0 Å². The smallest absolute Gasteiger partial charge is 0.138 e. The van der Waals surface area contributed by atoms with Gasteiger partial charge in [0.25, 0.3) is 0 Å². The minimum absolute atomic E-state index is 0.00936. The number of carbonyl (C=O) groups excluding carboxylic acids is 1. The molecule has 4 aliphatic rings. The Balaban J connectivity index is 1.66. The van der Waals surface area contributed by atoms with Crippen LogP contribution in [0.3, 0.4) is 0 Å². The van der Waals surface area contributed by atoms with E-state index < -0.39 is 23.9 Å². The molecule has 4 rings (SSSR count). The van der Waals surface area contributed by atoms with E-state index in [9.17, 15) is 20.1 Å². The van der Waals surface area contributed by atoms with E-state index in [4.69, 9.17) is 4.74 Å². The standard InChI is InChI=1S/C31H52O5/c1-18(16-22(33)26(35)28(4,5)36-9)19-10-14-30(7)20(19)17-21(32)25-29(6)13-12-24(34)27(2,3)23(29)11-15-31(25,30)8/h18,21-23,25-26,32-33,35H,10-17H2,1-9H3/t18-,21+,22+,23?,25?,26-,29+,30+,31+/m1/s1. The van der Waals surface area contributed by atoms with E-state index in [0.29, 0.717) is 31.0 Å².